The molecule has 0 amide bonds. The first-order valence-electron chi connectivity index (χ1n) is 2.42. The Morgan fingerprint density at radius 2 is 2.00 bits per heavy atom. The van der Waals surface area contributed by atoms with E-state index in [2.05, 4.69) is 31.9 Å². The van der Waals surface area contributed by atoms with Gasteiger partial charge < -0.3 is 0 Å². The van der Waals surface area contributed by atoms with E-state index in [1.165, 1.54) is 0 Å². The van der Waals surface area contributed by atoms with Crippen molar-refractivity contribution in [1.82, 2.24) is 0 Å². The average Bonchev–Trinajstić information content (AvgIpc) is 1.65. The molecule has 9 heavy (non-hydrogen) atoms. The van der Waals surface area contributed by atoms with E-state index in [1.54, 1.807) is 6.92 Å². The van der Waals surface area contributed by atoms with Gasteiger partial charge in [-0.15, -0.1) is 0 Å². The second-order valence-electron chi connectivity index (χ2n) is 1.60. The number of rotatable bonds is 3. The summed E-state index contributed by atoms with van der Waals surface area (Å²) in [6.07, 6.45) is 0. The average molecular weight is 280 g/mol. The van der Waals surface area contributed by atoms with Crippen molar-refractivity contribution < 1.29 is 8.42 Å². The lowest BCUT2D eigenvalue weighted by Gasteiger charge is -2.01. The highest BCUT2D eigenvalue weighted by Gasteiger charge is 2.15. The summed E-state index contributed by atoms with van der Waals surface area (Å²) in [6.45, 7) is 1.61. The minimum Gasteiger partial charge on any atom is -0.228 e. The third kappa shape index (κ3) is 3.57. The maximum atomic E-state index is 10.9. The maximum absolute atomic E-state index is 10.9. The number of sulfone groups is 1. The summed E-state index contributed by atoms with van der Waals surface area (Å²) < 4.78 is 21.3. The van der Waals surface area contributed by atoms with Crippen LogP contribution in [0, 0.1) is 0 Å². The van der Waals surface area contributed by atoms with Crippen LogP contribution in [0.25, 0.3) is 0 Å². The Balaban J connectivity index is 4.05. The fraction of sp³-hybridized carbons (Fsp3) is 1.00. The molecule has 56 valence electrons. The molecule has 0 aliphatic heterocycles. The van der Waals surface area contributed by atoms with Crippen LogP contribution in [-0.2, 0) is 9.84 Å². The summed E-state index contributed by atoms with van der Waals surface area (Å²) >= 11 is 6.04. The van der Waals surface area contributed by atoms with E-state index < -0.39 is 14.0 Å². The summed E-state index contributed by atoms with van der Waals surface area (Å²) in [5.74, 6) is 0.194. The summed E-state index contributed by atoms with van der Waals surface area (Å²) in [5.41, 5.74) is 0. The summed E-state index contributed by atoms with van der Waals surface area (Å²) in [4.78, 5) is 0. The first kappa shape index (κ1) is 9.91. The van der Waals surface area contributed by atoms with Crippen molar-refractivity contribution in [2.45, 2.75) is 11.1 Å². The van der Waals surface area contributed by atoms with Crippen LogP contribution in [0.1, 0.15) is 6.92 Å². The first-order valence-corrected chi connectivity index (χ1v) is 6.17. The van der Waals surface area contributed by atoms with Crippen LogP contribution in [0.5, 0.6) is 0 Å². The molecular formula is C4H8Br2O2S. The maximum Gasteiger partial charge on any atom is 0.163 e. The summed E-state index contributed by atoms with van der Waals surface area (Å²) in [5, 5.41) is 0.505. The Bertz CT molecular complexity index is 161. The number of hydrogen-bond donors (Lipinski definition) is 0. The highest BCUT2D eigenvalue weighted by atomic mass is 79.9. The lowest BCUT2D eigenvalue weighted by Crippen LogP contribution is -2.15. The third-order valence-corrected chi connectivity index (χ3v) is 5.25. The summed E-state index contributed by atoms with van der Waals surface area (Å²) in [7, 11) is -2.88. The Hall–Kier alpha value is 0.910. The van der Waals surface area contributed by atoms with Gasteiger partial charge in [-0.3, -0.25) is 0 Å². The van der Waals surface area contributed by atoms with Gasteiger partial charge in [0.05, 0.1) is 5.75 Å². The second-order valence-corrected chi connectivity index (χ2v) is 6.81. The smallest absolute Gasteiger partial charge is 0.163 e. The van der Waals surface area contributed by atoms with Gasteiger partial charge in [0.25, 0.3) is 0 Å². The SMILES string of the molecule is CC(Br)S(=O)(=O)CCBr. The minimum absolute atomic E-state index is 0.194. The van der Waals surface area contributed by atoms with Crippen LogP contribution < -0.4 is 0 Å². The molecule has 0 fully saturated rings. The van der Waals surface area contributed by atoms with Crippen molar-refractivity contribution in [3.8, 4) is 0 Å². The molecule has 0 heterocycles. The molecule has 0 saturated carbocycles. The topological polar surface area (TPSA) is 34.1 Å². The van der Waals surface area contributed by atoms with Crippen molar-refractivity contribution in [2.75, 3.05) is 11.1 Å². The van der Waals surface area contributed by atoms with Crippen molar-refractivity contribution in [1.29, 1.82) is 0 Å². The van der Waals surface area contributed by atoms with Gasteiger partial charge in [-0.1, -0.05) is 31.9 Å². The quantitative estimate of drug-likeness (QED) is 0.735. The van der Waals surface area contributed by atoms with E-state index >= 15 is 0 Å². The van der Waals surface area contributed by atoms with Gasteiger partial charge in [-0.25, -0.2) is 8.42 Å². The van der Waals surface area contributed by atoms with Crippen molar-refractivity contribution in [2.24, 2.45) is 0 Å². The molecule has 0 N–H and O–H groups in total. The first-order chi connectivity index (χ1) is 4.00. The fourth-order valence-electron chi connectivity index (χ4n) is 0.270. The minimum atomic E-state index is -2.88. The van der Waals surface area contributed by atoms with E-state index in [0.29, 0.717) is 5.33 Å². The zero-order chi connectivity index (χ0) is 7.49. The largest absolute Gasteiger partial charge is 0.228 e. The van der Waals surface area contributed by atoms with Crippen LogP contribution in [-0.4, -0.2) is 23.7 Å². The van der Waals surface area contributed by atoms with Crippen LogP contribution in [0.15, 0.2) is 0 Å². The lowest BCUT2D eigenvalue weighted by atomic mass is 11.0. The molecule has 2 nitrogen and oxygen atoms in total. The Labute approximate surface area is 72.2 Å². The lowest BCUT2D eigenvalue weighted by molar-refractivity contribution is 0.597. The predicted octanol–water partition coefficient (Wildman–Crippen LogP) is 1.54. The molecule has 0 saturated heterocycles. The van der Waals surface area contributed by atoms with Crippen LogP contribution in [0.3, 0.4) is 0 Å². The van der Waals surface area contributed by atoms with Crippen molar-refractivity contribution >= 4 is 41.7 Å². The van der Waals surface area contributed by atoms with Crippen molar-refractivity contribution in [3.05, 3.63) is 0 Å². The Kier molecular flexibility index (Phi) is 4.33. The van der Waals surface area contributed by atoms with Gasteiger partial charge in [0.15, 0.2) is 9.84 Å². The van der Waals surface area contributed by atoms with Gasteiger partial charge in [-0.05, 0) is 6.92 Å². The van der Waals surface area contributed by atoms with E-state index in [-0.39, 0.29) is 5.75 Å². The van der Waals surface area contributed by atoms with Gasteiger partial charge in [0.1, 0.15) is 4.16 Å². The molecule has 0 spiro atoms. The van der Waals surface area contributed by atoms with Gasteiger partial charge in [-0.2, -0.15) is 0 Å². The molecule has 0 aromatic carbocycles. The fourth-order valence-corrected chi connectivity index (χ4v) is 2.72. The molecule has 0 rings (SSSR count). The Morgan fingerprint density at radius 3 is 2.11 bits per heavy atom. The number of alkyl halides is 2. The second kappa shape index (κ2) is 3.93. The van der Waals surface area contributed by atoms with E-state index in [4.69, 9.17) is 0 Å². The zero-order valence-electron chi connectivity index (χ0n) is 4.97. The molecule has 1 atom stereocenters. The molecule has 1 unspecified atom stereocenters. The van der Waals surface area contributed by atoms with Gasteiger partial charge >= 0.3 is 0 Å². The Morgan fingerprint density at radius 1 is 1.56 bits per heavy atom. The molecule has 0 aliphatic rings. The number of hydrogen-bond acceptors (Lipinski definition) is 2. The van der Waals surface area contributed by atoms with E-state index in [0.717, 1.165) is 0 Å². The van der Waals surface area contributed by atoms with Crippen LogP contribution >= 0.6 is 31.9 Å². The van der Waals surface area contributed by atoms with Gasteiger partial charge in [0.2, 0.25) is 0 Å². The van der Waals surface area contributed by atoms with E-state index in [1.807, 2.05) is 0 Å². The molecule has 0 aromatic heterocycles. The molecule has 0 bridgehead atoms. The highest BCUT2D eigenvalue weighted by Crippen LogP contribution is 2.08. The van der Waals surface area contributed by atoms with Crippen LogP contribution in [0.2, 0.25) is 0 Å². The highest BCUT2D eigenvalue weighted by molar-refractivity contribution is 9.11. The molecule has 0 radical (unpaired) electrons. The van der Waals surface area contributed by atoms with Gasteiger partial charge in [0, 0.05) is 5.33 Å². The third-order valence-electron chi connectivity index (χ3n) is 0.857. The standard InChI is InChI=1S/C4H8Br2O2S/c1-4(6)9(7,8)3-2-5/h4H,2-3H2,1H3. The monoisotopic (exact) mass is 278 g/mol. The molecule has 5 heteroatoms. The molecular weight excluding hydrogens is 272 g/mol. The normalized spacial score (nSPS) is 15.4. The molecule has 0 aliphatic carbocycles. The number of halogens is 2. The summed E-state index contributed by atoms with van der Waals surface area (Å²) in [6, 6.07) is 0. The molecule has 0 aromatic rings. The van der Waals surface area contributed by atoms with Crippen molar-refractivity contribution in [3.63, 3.8) is 0 Å². The van der Waals surface area contributed by atoms with Crippen LogP contribution in [0.4, 0.5) is 0 Å². The van der Waals surface area contributed by atoms with E-state index in [9.17, 15) is 8.42 Å². The zero-order valence-corrected chi connectivity index (χ0v) is 8.96. The predicted molar refractivity (Wildman–Crippen MR) is 46.0 cm³/mol.